The number of hydrogen-bond acceptors (Lipinski definition) is 5. The molecule has 0 bridgehead atoms. The maximum absolute atomic E-state index is 11.9. The summed E-state index contributed by atoms with van der Waals surface area (Å²) in [6.07, 6.45) is 0.812. The van der Waals surface area contributed by atoms with Gasteiger partial charge in [0.2, 0.25) is 12.7 Å². The molecule has 30 heavy (non-hydrogen) atoms. The molecular weight excluding hydrogens is 386 g/mol. The summed E-state index contributed by atoms with van der Waals surface area (Å²) in [6.45, 7) is 1.34. The molecule has 2 amide bonds. The van der Waals surface area contributed by atoms with Crippen LogP contribution in [0.5, 0.6) is 11.5 Å². The van der Waals surface area contributed by atoms with E-state index < -0.39 is 5.91 Å². The zero-order chi connectivity index (χ0) is 21.3. The van der Waals surface area contributed by atoms with E-state index in [-0.39, 0.29) is 19.2 Å². The lowest BCUT2D eigenvalue weighted by Gasteiger charge is -2.12. The van der Waals surface area contributed by atoms with Crippen LogP contribution in [0.2, 0.25) is 0 Å². The number of ether oxygens (including phenoxy) is 2. The van der Waals surface area contributed by atoms with Crippen LogP contribution >= 0.6 is 0 Å². The van der Waals surface area contributed by atoms with Crippen molar-refractivity contribution >= 4 is 17.8 Å². The van der Waals surface area contributed by atoms with Crippen LogP contribution in [0.3, 0.4) is 0 Å². The zero-order valence-corrected chi connectivity index (χ0v) is 16.7. The van der Waals surface area contributed by atoms with E-state index >= 15 is 0 Å². The van der Waals surface area contributed by atoms with E-state index in [0.717, 1.165) is 29.0 Å². The minimum atomic E-state index is -0.582. The van der Waals surface area contributed by atoms with Crippen LogP contribution in [0.1, 0.15) is 21.5 Å². The van der Waals surface area contributed by atoms with Crippen LogP contribution in [0.15, 0.2) is 47.5 Å². The largest absolute Gasteiger partial charge is 0.454 e. The fraction of sp³-hybridized carbons (Fsp3) is 0.286. The number of benzene rings is 2. The molecule has 0 spiro atoms. The van der Waals surface area contributed by atoms with Crippen LogP contribution in [0, 0.1) is 0 Å². The number of nitrogens with zero attached hydrogens (tertiary/aromatic N) is 1. The Hall–Kier alpha value is -3.75. The molecule has 0 aliphatic carbocycles. The highest BCUT2D eigenvalue weighted by Crippen LogP contribution is 2.32. The molecule has 1 aliphatic rings. The summed E-state index contributed by atoms with van der Waals surface area (Å²) in [5.41, 5.74) is 7.62. The van der Waals surface area contributed by atoms with Gasteiger partial charge in [0.1, 0.15) is 0 Å². The minimum Gasteiger partial charge on any atom is -0.454 e. The number of hydrogen-bond donors (Lipinski definition) is 4. The van der Waals surface area contributed by atoms with Gasteiger partial charge in [-0.2, -0.15) is 0 Å². The Balaban J connectivity index is 1.42. The molecule has 2 aromatic rings. The molecule has 0 aromatic heterocycles. The van der Waals surface area contributed by atoms with E-state index in [1.54, 1.807) is 19.2 Å². The predicted molar refractivity (Wildman–Crippen MR) is 112 cm³/mol. The van der Waals surface area contributed by atoms with Crippen molar-refractivity contribution in [2.75, 3.05) is 26.9 Å². The number of rotatable bonds is 8. The monoisotopic (exact) mass is 411 g/mol. The van der Waals surface area contributed by atoms with Crippen molar-refractivity contribution in [2.45, 2.75) is 13.0 Å². The maximum Gasteiger partial charge on any atom is 0.251 e. The molecule has 3 rings (SSSR count). The molecule has 9 heteroatoms. The summed E-state index contributed by atoms with van der Waals surface area (Å²) in [5, 5.41) is 8.96. The topological polar surface area (TPSA) is 127 Å². The van der Waals surface area contributed by atoms with Crippen molar-refractivity contribution < 1.29 is 19.1 Å². The number of aliphatic imine (C=N–C) groups is 1. The molecule has 0 fully saturated rings. The summed E-state index contributed by atoms with van der Waals surface area (Å²) < 4.78 is 10.7. The highest BCUT2D eigenvalue weighted by atomic mass is 16.7. The first-order valence-electron chi connectivity index (χ1n) is 9.53. The van der Waals surface area contributed by atoms with Gasteiger partial charge in [0, 0.05) is 25.7 Å². The Morgan fingerprint density at radius 1 is 1.00 bits per heavy atom. The molecule has 0 saturated heterocycles. The summed E-state index contributed by atoms with van der Waals surface area (Å²) >= 11 is 0. The van der Waals surface area contributed by atoms with E-state index in [0.29, 0.717) is 24.6 Å². The highest BCUT2D eigenvalue weighted by molar-refractivity contribution is 5.96. The van der Waals surface area contributed by atoms with Crippen LogP contribution in [0.4, 0.5) is 0 Å². The number of carbonyl (C=O) groups is 2. The van der Waals surface area contributed by atoms with Gasteiger partial charge in [0.25, 0.3) is 5.91 Å². The Kier molecular flexibility index (Phi) is 7.09. The van der Waals surface area contributed by atoms with E-state index in [1.165, 1.54) is 0 Å². The first-order chi connectivity index (χ1) is 14.5. The Bertz CT molecular complexity index is 927. The van der Waals surface area contributed by atoms with Crippen molar-refractivity contribution in [3.8, 4) is 11.5 Å². The van der Waals surface area contributed by atoms with Gasteiger partial charge < -0.3 is 31.2 Å². The number of carbonyl (C=O) groups excluding carboxylic acids is 2. The van der Waals surface area contributed by atoms with Crippen LogP contribution in [-0.4, -0.2) is 44.7 Å². The molecule has 1 heterocycles. The lowest BCUT2D eigenvalue weighted by molar-refractivity contribution is -0.117. The molecule has 9 nitrogen and oxygen atoms in total. The average Bonchev–Trinajstić information content (AvgIpc) is 3.22. The van der Waals surface area contributed by atoms with Gasteiger partial charge in [0.05, 0.1) is 6.54 Å². The summed E-state index contributed by atoms with van der Waals surface area (Å²) in [5.74, 6) is 1.32. The van der Waals surface area contributed by atoms with E-state index in [2.05, 4.69) is 20.9 Å². The molecule has 0 unspecified atom stereocenters. The summed E-state index contributed by atoms with van der Waals surface area (Å²) in [6, 6.07) is 13.0. The molecule has 5 N–H and O–H groups in total. The fourth-order valence-corrected chi connectivity index (χ4v) is 2.87. The molecule has 2 aromatic carbocycles. The second kappa shape index (κ2) is 10.1. The molecule has 0 radical (unpaired) electrons. The van der Waals surface area contributed by atoms with Gasteiger partial charge in [0.15, 0.2) is 17.5 Å². The third kappa shape index (κ3) is 5.87. The fourth-order valence-electron chi connectivity index (χ4n) is 2.87. The first-order valence-corrected chi connectivity index (χ1v) is 9.53. The maximum atomic E-state index is 11.9. The lowest BCUT2D eigenvalue weighted by Crippen LogP contribution is -2.37. The molecular formula is C21H25N5O4. The smallest absolute Gasteiger partial charge is 0.251 e. The van der Waals surface area contributed by atoms with Gasteiger partial charge in [-0.25, -0.2) is 0 Å². The number of guanidine groups is 1. The third-order valence-electron chi connectivity index (χ3n) is 4.47. The second-order valence-corrected chi connectivity index (χ2v) is 6.64. The van der Waals surface area contributed by atoms with Gasteiger partial charge >= 0.3 is 0 Å². The Morgan fingerprint density at radius 3 is 2.47 bits per heavy atom. The number of primary amides is 1. The summed E-state index contributed by atoms with van der Waals surface area (Å²) in [7, 11) is 1.71. The zero-order valence-electron chi connectivity index (χ0n) is 16.7. The van der Waals surface area contributed by atoms with Crippen molar-refractivity contribution in [1.82, 2.24) is 16.0 Å². The molecule has 1 aliphatic heterocycles. The summed E-state index contributed by atoms with van der Waals surface area (Å²) in [4.78, 5) is 26.9. The van der Waals surface area contributed by atoms with Gasteiger partial charge in [-0.05, 0) is 41.8 Å². The SMILES string of the molecule is CN=C(NCCc1ccc2c(c1)OCO2)NCc1ccc(C(=O)NCC(N)=O)cc1. The standard InChI is InChI=1S/C21H25N5O4/c1-23-21(24-9-8-14-4-7-17-18(10-14)30-13-29-17)26-11-15-2-5-16(6-3-15)20(28)25-12-19(22)27/h2-7,10H,8-9,11-13H2,1H3,(H2,22,27)(H,25,28)(H2,23,24,26). The number of fused-ring (bicyclic) bond motifs is 1. The van der Waals surface area contributed by atoms with Gasteiger partial charge in [-0.3, -0.25) is 14.6 Å². The van der Waals surface area contributed by atoms with Crippen LogP contribution < -0.4 is 31.2 Å². The second-order valence-electron chi connectivity index (χ2n) is 6.64. The molecule has 0 saturated carbocycles. The van der Waals surface area contributed by atoms with E-state index in [9.17, 15) is 9.59 Å². The highest BCUT2D eigenvalue weighted by Gasteiger charge is 2.13. The van der Waals surface area contributed by atoms with Crippen molar-refractivity contribution in [1.29, 1.82) is 0 Å². The number of nitrogens with one attached hydrogen (secondary N) is 3. The van der Waals surface area contributed by atoms with Crippen LogP contribution in [0.25, 0.3) is 0 Å². The van der Waals surface area contributed by atoms with Gasteiger partial charge in [-0.1, -0.05) is 18.2 Å². The Morgan fingerprint density at radius 2 is 1.73 bits per heavy atom. The predicted octanol–water partition coefficient (Wildman–Crippen LogP) is 0.538. The average molecular weight is 411 g/mol. The molecule has 0 atom stereocenters. The lowest BCUT2D eigenvalue weighted by atomic mass is 10.1. The number of amides is 2. The number of nitrogens with two attached hydrogens (primary N) is 1. The van der Waals surface area contributed by atoms with Crippen LogP contribution in [-0.2, 0) is 17.8 Å². The molecule has 158 valence electrons. The Labute approximate surface area is 174 Å². The quantitative estimate of drug-likeness (QED) is 0.371. The van der Waals surface area contributed by atoms with E-state index in [1.807, 2.05) is 30.3 Å². The normalized spacial score (nSPS) is 12.4. The van der Waals surface area contributed by atoms with Crippen molar-refractivity contribution in [3.63, 3.8) is 0 Å². The van der Waals surface area contributed by atoms with Gasteiger partial charge in [-0.15, -0.1) is 0 Å². The first kappa shape index (κ1) is 21.0. The van der Waals surface area contributed by atoms with Crippen molar-refractivity contribution in [2.24, 2.45) is 10.7 Å². The third-order valence-corrected chi connectivity index (χ3v) is 4.47. The minimum absolute atomic E-state index is 0.184. The van der Waals surface area contributed by atoms with Crippen molar-refractivity contribution in [3.05, 3.63) is 59.2 Å². The van der Waals surface area contributed by atoms with E-state index in [4.69, 9.17) is 15.2 Å².